The number of nitro groups is 2. The Morgan fingerprint density at radius 3 is 2.13 bits per heavy atom. The van der Waals surface area contributed by atoms with Gasteiger partial charge in [0.1, 0.15) is 6.61 Å². The van der Waals surface area contributed by atoms with Gasteiger partial charge in [0.05, 0.1) is 21.5 Å². The van der Waals surface area contributed by atoms with E-state index in [1.165, 1.54) is 0 Å². The average Bonchev–Trinajstić information content (AvgIpc) is 2.53. The van der Waals surface area contributed by atoms with Gasteiger partial charge in [0.15, 0.2) is 0 Å². The van der Waals surface area contributed by atoms with Gasteiger partial charge in [-0.15, -0.1) is 0 Å². The molecule has 0 amide bonds. The molecule has 0 saturated heterocycles. The van der Waals surface area contributed by atoms with E-state index in [0.717, 1.165) is 22.7 Å². The van der Waals surface area contributed by atoms with Crippen LogP contribution in [0.1, 0.15) is 15.9 Å². The Kier molecular flexibility index (Phi) is 5.02. The van der Waals surface area contributed by atoms with Crippen LogP contribution in [0.2, 0.25) is 0 Å². The Morgan fingerprint density at radius 1 is 1.04 bits per heavy atom. The highest BCUT2D eigenvalue weighted by Gasteiger charge is 2.20. The number of nitro benzene ring substituents is 2. The van der Waals surface area contributed by atoms with E-state index in [9.17, 15) is 25.0 Å². The zero-order valence-corrected chi connectivity index (χ0v) is 13.1. The summed E-state index contributed by atoms with van der Waals surface area (Å²) >= 11 is 3.29. The number of carbonyl (C=O) groups is 1. The van der Waals surface area contributed by atoms with Gasteiger partial charge in [-0.2, -0.15) is 0 Å². The first kappa shape index (κ1) is 16.6. The quantitative estimate of drug-likeness (QED) is 0.444. The number of non-ortho nitro benzene ring substituents is 2. The maximum atomic E-state index is 12.0. The Bertz CT molecular complexity index is 760. The summed E-state index contributed by atoms with van der Waals surface area (Å²) in [5.41, 5.74) is -0.655. The number of rotatable bonds is 5. The Balaban J connectivity index is 2.23. The molecular formula is C14H9BrN2O6. The summed E-state index contributed by atoms with van der Waals surface area (Å²) in [5, 5.41) is 21.6. The molecular weight excluding hydrogens is 372 g/mol. The fraction of sp³-hybridized carbons (Fsp3) is 0.0714. The molecule has 0 aliphatic carbocycles. The van der Waals surface area contributed by atoms with Crippen molar-refractivity contribution in [3.05, 3.63) is 78.3 Å². The van der Waals surface area contributed by atoms with Crippen molar-refractivity contribution in [2.45, 2.75) is 6.61 Å². The van der Waals surface area contributed by atoms with Crippen molar-refractivity contribution in [1.82, 2.24) is 0 Å². The molecule has 9 heteroatoms. The van der Waals surface area contributed by atoms with E-state index < -0.39 is 27.2 Å². The molecule has 0 heterocycles. The van der Waals surface area contributed by atoms with Crippen LogP contribution in [0.25, 0.3) is 0 Å². The molecule has 0 unspecified atom stereocenters. The summed E-state index contributed by atoms with van der Waals surface area (Å²) < 4.78 is 5.78. The first-order valence-corrected chi connectivity index (χ1v) is 7.02. The number of ether oxygens (including phenoxy) is 1. The third kappa shape index (κ3) is 4.10. The third-order valence-corrected chi connectivity index (χ3v) is 3.65. The van der Waals surface area contributed by atoms with Crippen molar-refractivity contribution in [2.24, 2.45) is 0 Å². The van der Waals surface area contributed by atoms with Crippen LogP contribution in [0.5, 0.6) is 0 Å². The van der Waals surface area contributed by atoms with Crippen LogP contribution in [0.4, 0.5) is 11.4 Å². The fourth-order valence-corrected chi connectivity index (χ4v) is 2.17. The second kappa shape index (κ2) is 6.97. The number of benzene rings is 2. The molecule has 0 aromatic heterocycles. The fourth-order valence-electron chi connectivity index (χ4n) is 1.77. The van der Waals surface area contributed by atoms with E-state index >= 15 is 0 Å². The SMILES string of the molecule is O=C(OCc1ccccc1Br)c1cc([N+](=O)[O-])cc([N+](=O)[O-])c1. The van der Waals surface area contributed by atoms with Gasteiger partial charge in [0.25, 0.3) is 11.4 Å². The summed E-state index contributed by atoms with van der Waals surface area (Å²) in [7, 11) is 0. The van der Waals surface area contributed by atoms with E-state index in [1.807, 2.05) is 0 Å². The summed E-state index contributed by atoms with van der Waals surface area (Å²) in [6, 6.07) is 9.70. The van der Waals surface area contributed by atoms with Crippen LogP contribution in [0.15, 0.2) is 46.9 Å². The van der Waals surface area contributed by atoms with Crippen molar-refractivity contribution < 1.29 is 19.4 Å². The standard InChI is InChI=1S/C14H9BrN2O6/c15-13-4-2-1-3-9(13)8-23-14(18)10-5-11(16(19)20)7-12(6-10)17(21)22/h1-7H,8H2. The van der Waals surface area contributed by atoms with Crippen LogP contribution in [-0.2, 0) is 11.3 Å². The number of hydrogen-bond donors (Lipinski definition) is 0. The lowest BCUT2D eigenvalue weighted by atomic mass is 10.1. The van der Waals surface area contributed by atoms with E-state index in [4.69, 9.17) is 4.74 Å². The molecule has 0 bridgehead atoms. The van der Waals surface area contributed by atoms with E-state index in [1.54, 1.807) is 24.3 Å². The minimum atomic E-state index is -0.882. The Labute approximate surface area is 138 Å². The third-order valence-electron chi connectivity index (χ3n) is 2.88. The van der Waals surface area contributed by atoms with Crippen molar-refractivity contribution in [3.63, 3.8) is 0 Å². The van der Waals surface area contributed by atoms with E-state index in [0.29, 0.717) is 5.56 Å². The van der Waals surface area contributed by atoms with Crippen LogP contribution in [0.3, 0.4) is 0 Å². The molecule has 8 nitrogen and oxygen atoms in total. The minimum Gasteiger partial charge on any atom is -0.457 e. The molecule has 0 radical (unpaired) electrons. The molecule has 0 saturated carbocycles. The normalized spacial score (nSPS) is 10.1. The number of hydrogen-bond acceptors (Lipinski definition) is 6. The van der Waals surface area contributed by atoms with Gasteiger partial charge < -0.3 is 4.74 Å². The zero-order valence-electron chi connectivity index (χ0n) is 11.5. The second-order valence-corrected chi connectivity index (χ2v) is 5.27. The molecule has 0 N–H and O–H groups in total. The highest BCUT2D eigenvalue weighted by molar-refractivity contribution is 9.10. The molecule has 0 spiro atoms. The van der Waals surface area contributed by atoms with Gasteiger partial charge >= 0.3 is 5.97 Å². The Hall–Kier alpha value is -2.81. The molecule has 118 valence electrons. The number of nitrogens with zero attached hydrogens (tertiary/aromatic N) is 2. The van der Waals surface area contributed by atoms with Crippen LogP contribution in [-0.4, -0.2) is 15.8 Å². The van der Waals surface area contributed by atoms with Gasteiger partial charge in [-0.25, -0.2) is 4.79 Å². The Morgan fingerprint density at radius 2 is 1.61 bits per heavy atom. The predicted molar refractivity (Wildman–Crippen MR) is 83.0 cm³/mol. The maximum Gasteiger partial charge on any atom is 0.338 e. The van der Waals surface area contributed by atoms with E-state index in [-0.39, 0.29) is 12.2 Å². The summed E-state index contributed by atoms with van der Waals surface area (Å²) in [5.74, 6) is -0.882. The van der Waals surface area contributed by atoms with Crippen LogP contribution >= 0.6 is 15.9 Å². The molecule has 2 rings (SSSR count). The molecule has 2 aromatic rings. The monoisotopic (exact) mass is 380 g/mol. The topological polar surface area (TPSA) is 113 Å². The molecule has 0 fully saturated rings. The molecule has 0 aliphatic rings. The number of esters is 1. The van der Waals surface area contributed by atoms with Gasteiger partial charge in [-0.3, -0.25) is 20.2 Å². The lowest BCUT2D eigenvalue weighted by Gasteiger charge is -2.06. The largest absolute Gasteiger partial charge is 0.457 e. The lowest BCUT2D eigenvalue weighted by molar-refractivity contribution is -0.394. The van der Waals surface area contributed by atoms with Gasteiger partial charge in [-0.1, -0.05) is 34.1 Å². The maximum absolute atomic E-state index is 12.0. The van der Waals surface area contributed by atoms with E-state index in [2.05, 4.69) is 15.9 Å². The summed E-state index contributed by atoms with van der Waals surface area (Å²) in [6.07, 6.45) is 0. The molecule has 0 aliphatic heterocycles. The second-order valence-electron chi connectivity index (χ2n) is 4.42. The summed E-state index contributed by atoms with van der Waals surface area (Å²) in [4.78, 5) is 32.0. The lowest BCUT2D eigenvalue weighted by Crippen LogP contribution is -2.07. The highest BCUT2D eigenvalue weighted by Crippen LogP contribution is 2.24. The first-order chi connectivity index (χ1) is 10.9. The molecule has 23 heavy (non-hydrogen) atoms. The van der Waals surface area contributed by atoms with Crippen molar-refractivity contribution in [3.8, 4) is 0 Å². The first-order valence-electron chi connectivity index (χ1n) is 6.23. The van der Waals surface area contributed by atoms with Gasteiger partial charge in [0, 0.05) is 22.2 Å². The highest BCUT2D eigenvalue weighted by atomic mass is 79.9. The zero-order chi connectivity index (χ0) is 17.0. The minimum absolute atomic E-state index is 0.0727. The summed E-state index contributed by atoms with van der Waals surface area (Å²) in [6.45, 7) is -0.0727. The van der Waals surface area contributed by atoms with Crippen molar-refractivity contribution in [1.29, 1.82) is 0 Å². The predicted octanol–water partition coefficient (Wildman–Crippen LogP) is 3.62. The van der Waals surface area contributed by atoms with Crippen molar-refractivity contribution >= 4 is 33.3 Å². The van der Waals surface area contributed by atoms with Crippen LogP contribution in [0, 0.1) is 20.2 Å². The average molecular weight is 381 g/mol. The van der Waals surface area contributed by atoms with Crippen molar-refractivity contribution in [2.75, 3.05) is 0 Å². The van der Waals surface area contributed by atoms with Crippen LogP contribution < -0.4 is 0 Å². The molecule has 2 aromatic carbocycles. The molecule has 0 atom stereocenters. The van der Waals surface area contributed by atoms with Gasteiger partial charge in [-0.05, 0) is 6.07 Å². The van der Waals surface area contributed by atoms with Gasteiger partial charge in [0.2, 0.25) is 0 Å². The smallest absolute Gasteiger partial charge is 0.338 e. The number of carbonyl (C=O) groups excluding carboxylic acids is 1. The number of halogens is 1.